The van der Waals surface area contributed by atoms with Crippen LogP contribution in [0.2, 0.25) is 5.02 Å². The lowest BCUT2D eigenvalue weighted by Gasteiger charge is -2.22. The van der Waals surface area contributed by atoms with Gasteiger partial charge in [-0.25, -0.2) is 4.39 Å². The lowest BCUT2D eigenvalue weighted by atomic mass is 10.1. The summed E-state index contributed by atoms with van der Waals surface area (Å²) in [6.07, 6.45) is 0. The maximum atomic E-state index is 13.8. The van der Waals surface area contributed by atoms with Gasteiger partial charge in [-0.1, -0.05) is 29.8 Å². The van der Waals surface area contributed by atoms with Gasteiger partial charge in [0.05, 0.1) is 16.4 Å². The number of hydrogen-bond acceptors (Lipinski definition) is 2. The summed E-state index contributed by atoms with van der Waals surface area (Å²) in [5, 5.41) is 0.556. The maximum Gasteiger partial charge on any atom is 0.146 e. The van der Waals surface area contributed by atoms with E-state index >= 15 is 0 Å². The first-order valence-corrected chi connectivity index (χ1v) is 6.42. The van der Waals surface area contributed by atoms with Crippen molar-refractivity contribution in [2.75, 3.05) is 11.9 Å². The van der Waals surface area contributed by atoms with E-state index in [0.717, 1.165) is 11.3 Å². The molecule has 0 spiro atoms. The number of nitrogens with two attached hydrogens (primary N) is 1. The van der Waals surface area contributed by atoms with Crippen molar-refractivity contribution in [3.05, 3.63) is 58.9 Å². The Hall–Kier alpha value is -1.58. The van der Waals surface area contributed by atoms with Gasteiger partial charge in [-0.3, -0.25) is 0 Å². The number of benzene rings is 2. The van der Waals surface area contributed by atoms with Gasteiger partial charge < -0.3 is 10.6 Å². The number of nitrogens with zero attached hydrogens (tertiary/aromatic N) is 1. The smallest absolute Gasteiger partial charge is 0.146 e. The largest absolute Gasteiger partial charge is 0.341 e. The van der Waals surface area contributed by atoms with Crippen LogP contribution >= 0.6 is 11.6 Å². The van der Waals surface area contributed by atoms with Crippen LogP contribution in [0.1, 0.15) is 18.5 Å². The molecule has 0 heterocycles. The summed E-state index contributed by atoms with van der Waals surface area (Å²) in [6.45, 7) is 1.89. The minimum absolute atomic E-state index is 0.0784. The van der Waals surface area contributed by atoms with Crippen LogP contribution in [0, 0.1) is 5.82 Å². The van der Waals surface area contributed by atoms with Crippen molar-refractivity contribution in [1.82, 2.24) is 0 Å². The molecule has 0 saturated heterocycles. The molecular formula is C15H16ClFN2. The third-order valence-electron chi connectivity index (χ3n) is 3.07. The summed E-state index contributed by atoms with van der Waals surface area (Å²) in [7, 11) is 1.78. The number of hydrogen-bond donors (Lipinski definition) is 1. The van der Waals surface area contributed by atoms with Crippen molar-refractivity contribution >= 4 is 23.0 Å². The molecule has 4 heteroatoms. The monoisotopic (exact) mass is 278 g/mol. The molecule has 0 amide bonds. The molecule has 0 bridgehead atoms. The van der Waals surface area contributed by atoms with Crippen LogP contribution < -0.4 is 10.6 Å². The van der Waals surface area contributed by atoms with Gasteiger partial charge in [-0.05, 0) is 36.8 Å². The zero-order valence-electron chi connectivity index (χ0n) is 10.9. The van der Waals surface area contributed by atoms with Gasteiger partial charge in [0.1, 0.15) is 5.82 Å². The van der Waals surface area contributed by atoms with Crippen LogP contribution in [0.4, 0.5) is 15.8 Å². The van der Waals surface area contributed by atoms with E-state index in [1.54, 1.807) is 30.1 Å². The van der Waals surface area contributed by atoms with Crippen molar-refractivity contribution in [1.29, 1.82) is 0 Å². The third kappa shape index (κ3) is 2.88. The summed E-state index contributed by atoms with van der Waals surface area (Å²) in [5.41, 5.74) is 8.00. The van der Waals surface area contributed by atoms with Crippen LogP contribution in [-0.4, -0.2) is 7.05 Å². The molecule has 0 aliphatic heterocycles. The third-order valence-corrected chi connectivity index (χ3v) is 3.38. The van der Waals surface area contributed by atoms with Crippen molar-refractivity contribution < 1.29 is 4.39 Å². The lowest BCUT2D eigenvalue weighted by Crippen LogP contribution is -2.12. The van der Waals surface area contributed by atoms with E-state index in [9.17, 15) is 4.39 Å². The van der Waals surface area contributed by atoms with Gasteiger partial charge in [-0.15, -0.1) is 0 Å². The zero-order chi connectivity index (χ0) is 14.0. The highest BCUT2D eigenvalue weighted by atomic mass is 35.5. The number of halogens is 2. The standard InChI is InChI=1S/C15H16ClFN2/c1-10(18)11-7-8-14(12(16)9-11)19(2)15-6-4-3-5-13(15)17/h3-10H,18H2,1-2H3. The molecule has 0 saturated carbocycles. The Balaban J connectivity index is 2.40. The van der Waals surface area contributed by atoms with Gasteiger partial charge in [0.15, 0.2) is 0 Å². The first-order chi connectivity index (χ1) is 9.00. The molecule has 2 aromatic carbocycles. The minimum Gasteiger partial charge on any atom is -0.341 e. The molecule has 0 aromatic heterocycles. The average molecular weight is 279 g/mol. The average Bonchev–Trinajstić information content (AvgIpc) is 2.38. The van der Waals surface area contributed by atoms with Crippen LogP contribution in [0.15, 0.2) is 42.5 Å². The predicted molar refractivity (Wildman–Crippen MR) is 78.5 cm³/mol. The molecule has 19 heavy (non-hydrogen) atoms. The van der Waals surface area contributed by atoms with E-state index in [1.165, 1.54) is 6.07 Å². The number of para-hydroxylation sites is 1. The lowest BCUT2D eigenvalue weighted by molar-refractivity contribution is 0.627. The van der Waals surface area contributed by atoms with E-state index in [4.69, 9.17) is 17.3 Å². The summed E-state index contributed by atoms with van der Waals surface area (Å²) in [6, 6.07) is 12.1. The fourth-order valence-corrected chi connectivity index (χ4v) is 2.25. The van der Waals surface area contributed by atoms with Gasteiger partial charge in [-0.2, -0.15) is 0 Å². The number of rotatable bonds is 3. The predicted octanol–water partition coefficient (Wildman–Crippen LogP) is 4.27. The highest BCUT2D eigenvalue weighted by Crippen LogP contribution is 2.33. The summed E-state index contributed by atoms with van der Waals surface area (Å²) in [5.74, 6) is -0.280. The Bertz CT molecular complexity index is 584. The van der Waals surface area contributed by atoms with E-state index < -0.39 is 0 Å². The maximum absolute atomic E-state index is 13.8. The zero-order valence-corrected chi connectivity index (χ0v) is 11.7. The first-order valence-electron chi connectivity index (χ1n) is 6.04. The molecule has 2 N–H and O–H groups in total. The molecule has 0 fully saturated rings. The second kappa shape index (κ2) is 5.59. The van der Waals surface area contributed by atoms with E-state index in [-0.39, 0.29) is 11.9 Å². The summed E-state index contributed by atoms with van der Waals surface area (Å²) in [4.78, 5) is 1.72. The van der Waals surface area contributed by atoms with Crippen LogP contribution in [-0.2, 0) is 0 Å². The molecule has 1 unspecified atom stereocenters. The van der Waals surface area contributed by atoms with Gasteiger partial charge in [0.2, 0.25) is 0 Å². The molecule has 0 radical (unpaired) electrons. The molecule has 1 atom stereocenters. The summed E-state index contributed by atoms with van der Waals surface area (Å²) >= 11 is 6.25. The Morgan fingerprint density at radius 1 is 1.16 bits per heavy atom. The molecular weight excluding hydrogens is 263 g/mol. The molecule has 100 valence electrons. The summed E-state index contributed by atoms with van der Waals surface area (Å²) < 4.78 is 13.8. The number of anilines is 2. The Morgan fingerprint density at radius 2 is 1.84 bits per heavy atom. The van der Waals surface area contributed by atoms with Gasteiger partial charge >= 0.3 is 0 Å². The van der Waals surface area contributed by atoms with Crippen molar-refractivity contribution in [3.8, 4) is 0 Å². The second-order valence-corrected chi connectivity index (χ2v) is 4.92. The molecule has 2 nitrogen and oxygen atoms in total. The first kappa shape index (κ1) is 13.8. The molecule has 0 aliphatic carbocycles. The van der Waals surface area contributed by atoms with Crippen molar-refractivity contribution in [2.24, 2.45) is 5.73 Å². The highest BCUT2D eigenvalue weighted by molar-refractivity contribution is 6.33. The van der Waals surface area contributed by atoms with E-state index in [0.29, 0.717) is 10.7 Å². The van der Waals surface area contributed by atoms with Crippen molar-refractivity contribution in [3.63, 3.8) is 0 Å². The molecule has 2 aromatic rings. The van der Waals surface area contributed by atoms with E-state index in [2.05, 4.69) is 0 Å². The van der Waals surface area contributed by atoms with Crippen LogP contribution in [0.3, 0.4) is 0 Å². The van der Waals surface area contributed by atoms with E-state index in [1.807, 2.05) is 25.1 Å². The second-order valence-electron chi connectivity index (χ2n) is 4.51. The Kier molecular flexibility index (Phi) is 4.08. The Morgan fingerprint density at radius 3 is 2.42 bits per heavy atom. The minimum atomic E-state index is -0.280. The fourth-order valence-electron chi connectivity index (χ4n) is 1.93. The topological polar surface area (TPSA) is 29.3 Å². The molecule has 2 rings (SSSR count). The Labute approximate surface area is 117 Å². The van der Waals surface area contributed by atoms with Gasteiger partial charge in [0, 0.05) is 13.1 Å². The van der Waals surface area contributed by atoms with Crippen LogP contribution in [0.25, 0.3) is 0 Å². The molecule has 0 aliphatic rings. The fraction of sp³-hybridized carbons (Fsp3) is 0.200. The highest BCUT2D eigenvalue weighted by Gasteiger charge is 2.13. The normalized spacial score (nSPS) is 12.3. The quantitative estimate of drug-likeness (QED) is 0.909. The van der Waals surface area contributed by atoms with Crippen molar-refractivity contribution in [2.45, 2.75) is 13.0 Å². The SMILES string of the molecule is CC(N)c1ccc(N(C)c2ccccc2F)c(Cl)c1. The van der Waals surface area contributed by atoms with Crippen LogP contribution in [0.5, 0.6) is 0 Å². The van der Waals surface area contributed by atoms with Gasteiger partial charge in [0.25, 0.3) is 0 Å².